The summed E-state index contributed by atoms with van der Waals surface area (Å²) >= 11 is 0. The van der Waals surface area contributed by atoms with E-state index < -0.39 is 11.6 Å². The van der Waals surface area contributed by atoms with E-state index in [1.807, 2.05) is 18.2 Å². The van der Waals surface area contributed by atoms with Crippen LogP contribution >= 0.6 is 0 Å². The summed E-state index contributed by atoms with van der Waals surface area (Å²) < 4.78 is 12.0. The maximum absolute atomic E-state index is 12.4. The van der Waals surface area contributed by atoms with Gasteiger partial charge in [0.25, 0.3) is 5.91 Å². The molecule has 0 bridgehead atoms. The van der Waals surface area contributed by atoms with Gasteiger partial charge in [-0.2, -0.15) is 0 Å². The van der Waals surface area contributed by atoms with E-state index in [1.54, 1.807) is 26.0 Å². The fraction of sp³-hybridized carbons (Fsp3) is 0.409. The third-order valence-electron chi connectivity index (χ3n) is 5.78. The molecule has 2 aliphatic rings. The summed E-state index contributed by atoms with van der Waals surface area (Å²) in [4.78, 5) is 29.9. The average molecular weight is 395 g/mol. The number of anilines is 1. The number of hydrogen-bond acceptors (Lipinski definition) is 5. The lowest BCUT2D eigenvalue weighted by molar-refractivity contribution is -0.121. The first-order chi connectivity index (χ1) is 13.8. The molecular formula is C22H25N3O4. The molecule has 1 aromatic heterocycles. The van der Waals surface area contributed by atoms with Gasteiger partial charge in [0.15, 0.2) is 0 Å². The second-order valence-corrected chi connectivity index (χ2v) is 7.96. The molecule has 4 rings (SSSR count). The predicted octanol–water partition coefficient (Wildman–Crippen LogP) is 4.25. The van der Waals surface area contributed by atoms with Crippen molar-refractivity contribution in [1.82, 2.24) is 10.3 Å². The number of ether oxygens (including phenoxy) is 2. The highest BCUT2D eigenvalue weighted by atomic mass is 16.5. The van der Waals surface area contributed by atoms with Gasteiger partial charge in [-0.1, -0.05) is 19.9 Å². The van der Waals surface area contributed by atoms with Gasteiger partial charge in [-0.25, -0.2) is 14.7 Å². The molecule has 2 aliphatic heterocycles. The van der Waals surface area contributed by atoms with Crippen molar-refractivity contribution in [2.24, 2.45) is 0 Å². The number of nitrogens with one attached hydrogen (secondary N) is 1. The van der Waals surface area contributed by atoms with Gasteiger partial charge in [0.1, 0.15) is 11.3 Å². The second-order valence-electron chi connectivity index (χ2n) is 7.96. The monoisotopic (exact) mass is 395 g/mol. The van der Waals surface area contributed by atoms with Crippen molar-refractivity contribution in [2.45, 2.75) is 58.3 Å². The van der Waals surface area contributed by atoms with Gasteiger partial charge in [-0.05, 0) is 56.0 Å². The standard InChI is InChI=1S/C22H25N3O4/c1-5-22(6-2)17-11-16(9-7-14(17)13-28-22)29-18-10-8-15(12-23-18)25-19(26)21(3,4)24-20(25)27/h7-12H,5-6,13H2,1-4H3,(H,24,27). The lowest BCUT2D eigenvalue weighted by Gasteiger charge is -2.27. The Labute approximate surface area is 170 Å². The Morgan fingerprint density at radius 2 is 1.93 bits per heavy atom. The number of benzene rings is 1. The van der Waals surface area contributed by atoms with Crippen molar-refractivity contribution in [3.63, 3.8) is 0 Å². The quantitative estimate of drug-likeness (QED) is 0.766. The Kier molecular flexibility index (Phi) is 4.58. The number of carbonyl (C=O) groups is 2. The normalized spacial score (nSPS) is 19.2. The summed E-state index contributed by atoms with van der Waals surface area (Å²) in [7, 11) is 0. The van der Waals surface area contributed by atoms with Crippen molar-refractivity contribution in [3.8, 4) is 11.6 Å². The molecule has 0 atom stereocenters. The Morgan fingerprint density at radius 1 is 1.17 bits per heavy atom. The zero-order chi connectivity index (χ0) is 20.8. The molecular weight excluding hydrogens is 370 g/mol. The van der Waals surface area contributed by atoms with E-state index in [4.69, 9.17) is 9.47 Å². The van der Waals surface area contributed by atoms with Gasteiger partial charge in [0.2, 0.25) is 5.88 Å². The minimum absolute atomic E-state index is 0.262. The summed E-state index contributed by atoms with van der Waals surface area (Å²) in [6, 6.07) is 8.80. The van der Waals surface area contributed by atoms with E-state index in [9.17, 15) is 9.59 Å². The Hall–Kier alpha value is -2.93. The Morgan fingerprint density at radius 3 is 2.52 bits per heavy atom. The van der Waals surface area contributed by atoms with E-state index in [0.717, 1.165) is 23.3 Å². The molecule has 1 saturated heterocycles. The summed E-state index contributed by atoms with van der Waals surface area (Å²) in [5.41, 5.74) is 1.57. The molecule has 7 heteroatoms. The Balaban J connectivity index is 1.55. The molecule has 0 spiro atoms. The molecule has 29 heavy (non-hydrogen) atoms. The third kappa shape index (κ3) is 3.15. The SMILES string of the molecule is CCC1(CC)OCc2ccc(Oc3ccc(N4C(=O)NC(C)(C)C4=O)cn3)cc21. The first-order valence-electron chi connectivity index (χ1n) is 9.87. The number of amides is 3. The smallest absolute Gasteiger partial charge is 0.329 e. The largest absolute Gasteiger partial charge is 0.439 e. The van der Waals surface area contributed by atoms with Crippen molar-refractivity contribution < 1.29 is 19.1 Å². The van der Waals surface area contributed by atoms with Crippen LogP contribution in [0.5, 0.6) is 11.6 Å². The number of pyridine rings is 1. The van der Waals surface area contributed by atoms with Gasteiger partial charge in [-0.3, -0.25) is 4.79 Å². The lowest BCUT2D eigenvalue weighted by Crippen LogP contribution is -2.40. The highest BCUT2D eigenvalue weighted by Gasteiger charge is 2.45. The third-order valence-corrected chi connectivity index (χ3v) is 5.78. The summed E-state index contributed by atoms with van der Waals surface area (Å²) in [5, 5.41) is 2.66. The van der Waals surface area contributed by atoms with Crippen LogP contribution in [0.2, 0.25) is 0 Å². The number of urea groups is 1. The number of rotatable bonds is 5. The van der Waals surface area contributed by atoms with E-state index in [2.05, 4.69) is 24.1 Å². The van der Waals surface area contributed by atoms with E-state index >= 15 is 0 Å². The summed E-state index contributed by atoms with van der Waals surface area (Å²) in [6.07, 6.45) is 3.26. The van der Waals surface area contributed by atoms with E-state index in [1.165, 1.54) is 11.8 Å². The molecule has 1 aromatic carbocycles. The molecule has 0 unspecified atom stereocenters. The maximum Gasteiger partial charge on any atom is 0.329 e. The van der Waals surface area contributed by atoms with Crippen LogP contribution in [0.4, 0.5) is 10.5 Å². The molecule has 3 heterocycles. The number of nitrogens with zero attached hydrogens (tertiary/aromatic N) is 2. The topological polar surface area (TPSA) is 80.8 Å². The minimum atomic E-state index is -0.927. The fourth-order valence-corrected chi connectivity index (χ4v) is 3.97. The van der Waals surface area contributed by atoms with E-state index in [0.29, 0.717) is 23.9 Å². The summed E-state index contributed by atoms with van der Waals surface area (Å²) in [6.45, 7) is 8.21. The van der Waals surface area contributed by atoms with Crippen molar-refractivity contribution in [2.75, 3.05) is 4.90 Å². The number of fused-ring (bicyclic) bond motifs is 1. The molecule has 2 aromatic rings. The van der Waals surface area contributed by atoms with Gasteiger partial charge >= 0.3 is 6.03 Å². The van der Waals surface area contributed by atoms with Crippen molar-refractivity contribution >= 4 is 17.6 Å². The van der Waals surface area contributed by atoms with Crippen LogP contribution in [0.15, 0.2) is 36.5 Å². The van der Waals surface area contributed by atoms with Gasteiger partial charge in [0, 0.05) is 6.07 Å². The number of carbonyl (C=O) groups excluding carboxylic acids is 2. The average Bonchev–Trinajstić information content (AvgIpc) is 3.16. The molecule has 7 nitrogen and oxygen atoms in total. The number of hydrogen-bond donors (Lipinski definition) is 1. The highest BCUT2D eigenvalue weighted by Crippen LogP contribution is 2.43. The highest BCUT2D eigenvalue weighted by molar-refractivity contribution is 6.22. The zero-order valence-electron chi connectivity index (χ0n) is 17.1. The van der Waals surface area contributed by atoms with Crippen LogP contribution in [-0.2, 0) is 21.7 Å². The number of aromatic nitrogens is 1. The van der Waals surface area contributed by atoms with Gasteiger partial charge < -0.3 is 14.8 Å². The van der Waals surface area contributed by atoms with E-state index in [-0.39, 0.29) is 11.5 Å². The molecule has 0 radical (unpaired) electrons. The molecule has 152 valence electrons. The van der Waals surface area contributed by atoms with Gasteiger partial charge in [0.05, 0.1) is 24.1 Å². The lowest BCUT2D eigenvalue weighted by atomic mass is 9.87. The first kappa shape index (κ1) is 19.4. The molecule has 3 amide bonds. The molecule has 0 aliphatic carbocycles. The van der Waals surface area contributed by atoms with Crippen LogP contribution in [0.3, 0.4) is 0 Å². The second kappa shape index (κ2) is 6.84. The minimum Gasteiger partial charge on any atom is -0.439 e. The first-order valence-corrected chi connectivity index (χ1v) is 9.87. The van der Waals surface area contributed by atoms with Crippen LogP contribution in [0, 0.1) is 0 Å². The zero-order valence-corrected chi connectivity index (χ0v) is 17.1. The van der Waals surface area contributed by atoms with Crippen LogP contribution < -0.4 is 15.0 Å². The maximum atomic E-state index is 12.4. The Bertz CT molecular complexity index is 965. The predicted molar refractivity (Wildman–Crippen MR) is 108 cm³/mol. The summed E-state index contributed by atoms with van der Waals surface area (Å²) in [5.74, 6) is 0.751. The van der Waals surface area contributed by atoms with Crippen molar-refractivity contribution in [1.29, 1.82) is 0 Å². The van der Waals surface area contributed by atoms with Crippen LogP contribution in [0.25, 0.3) is 0 Å². The molecule has 0 saturated carbocycles. The van der Waals surface area contributed by atoms with Crippen LogP contribution in [-0.4, -0.2) is 22.5 Å². The number of imide groups is 1. The van der Waals surface area contributed by atoms with Crippen LogP contribution in [0.1, 0.15) is 51.7 Å². The van der Waals surface area contributed by atoms with Gasteiger partial charge in [-0.15, -0.1) is 0 Å². The molecule has 1 fully saturated rings. The molecule has 1 N–H and O–H groups in total. The van der Waals surface area contributed by atoms with Crippen molar-refractivity contribution in [3.05, 3.63) is 47.7 Å². The fourth-order valence-electron chi connectivity index (χ4n) is 3.97.